The Hall–Kier alpha value is -0.610. The molecule has 2 fully saturated rings. The Kier molecular flexibility index (Phi) is 2.51. The van der Waals surface area contributed by atoms with E-state index in [1.54, 1.807) is 0 Å². The Morgan fingerprint density at radius 1 is 1.31 bits per heavy atom. The van der Waals surface area contributed by atoms with Crippen molar-refractivity contribution in [3.05, 3.63) is 0 Å². The van der Waals surface area contributed by atoms with Gasteiger partial charge < -0.3 is 15.5 Å². The zero-order valence-electron chi connectivity index (χ0n) is 8.05. The maximum absolute atomic E-state index is 11.8. The van der Waals surface area contributed by atoms with Crippen LogP contribution in [0.1, 0.15) is 6.42 Å². The largest absolute Gasteiger partial charge is 0.341 e. The predicted molar refractivity (Wildman–Crippen MR) is 50.4 cm³/mol. The second kappa shape index (κ2) is 3.64. The van der Waals surface area contributed by atoms with E-state index in [9.17, 15) is 4.79 Å². The molecule has 13 heavy (non-hydrogen) atoms. The van der Waals surface area contributed by atoms with E-state index in [0.717, 1.165) is 32.6 Å². The maximum atomic E-state index is 11.8. The molecule has 2 N–H and O–H groups in total. The standard InChI is InChI=1S/C9H17N3O/c1-12(8-2-3-10-6-8)9(13)7-4-11-5-7/h7-8,10-11H,2-6H2,1H3. The van der Waals surface area contributed by atoms with Gasteiger partial charge in [-0.1, -0.05) is 0 Å². The van der Waals surface area contributed by atoms with E-state index in [-0.39, 0.29) is 5.92 Å². The van der Waals surface area contributed by atoms with Crippen molar-refractivity contribution < 1.29 is 4.79 Å². The fraction of sp³-hybridized carbons (Fsp3) is 0.889. The van der Waals surface area contributed by atoms with Gasteiger partial charge in [0.2, 0.25) is 5.91 Å². The molecule has 0 aliphatic carbocycles. The molecule has 0 radical (unpaired) electrons. The lowest BCUT2D eigenvalue weighted by atomic mass is 10.0. The third kappa shape index (κ3) is 1.69. The van der Waals surface area contributed by atoms with Crippen molar-refractivity contribution in [3.63, 3.8) is 0 Å². The first-order valence-electron chi connectivity index (χ1n) is 4.97. The first kappa shape index (κ1) is 8.97. The molecule has 4 nitrogen and oxygen atoms in total. The van der Waals surface area contributed by atoms with Gasteiger partial charge in [-0.15, -0.1) is 0 Å². The highest BCUT2D eigenvalue weighted by molar-refractivity contribution is 5.80. The fourth-order valence-electron chi connectivity index (χ4n) is 1.90. The number of likely N-dealkylation sites (N-methyl/N-ethyl adjacent to an activating group) is 1. The van der Waals surface area contributed by atoms with Crippen LogP contribution in [0.3, 0.4) is 0 Å². The van der Waals surface area contributed by atoms with Crippen molar-refractivity contribution in [2.24, 2.45) is 5.92 Å². The number of carbonyl (C=O) groups is 1. The van der Waals surface area contributed by atoms with Crippen molar-refractivity contribution in [3.8, 4) is 0 Å². The highest BCUT2D eigenvalue weighted by atomic mass is 16.2. The summed E-state index contributed by atoms with van der Waals surface area (Å²) >= 11 is 0. The lowest BCUT2D eigenvalue weighted by Crippen LogP contribution is -2.53. The van der Waals surface area contributed by atoms with Gasteiger partial charge in [-0.05, 0) is 13.0 Å². The smallest absolute Gasteiger partial charge is 0.228 e. The van der Waals surface area contributed by atoms with E-state index in [0.29, 0.717) is 11.9 Å². The zero-order chi connectivity index (χ0) is 9.26. The van der Waals surface area contributed by atoms with Gasteiger partial charge in [-0.3, -0.25) is 4.79 Å². The van der Waals surface area contributed by atoms with E-state index in [4.69, 9.17) is 0 Å². The molecule has 0 aromatic heterocycles. The Balaban J connectivity index is 1.87. The maximum Gasteiger partial charge on any atom is 0.228 e. The monoisotopic (exact) mass is 183 g/mol. The molecular formula is C9H17N3O. The highest BCUT2D eigenvalue weighted by Gasteiger charge is 2.31. The van der Waals surface area contributed by atoms with Crippen LogP contribution in [0.2, 0.25) is 0 Å². The summed E-state index contributed by atoms with van der Waals surface area (Å²) in [6.07, 6.45) is 1.10. The third-order valence-corrected chi connectivity index (χ3v) is 3.06. The SMILES string of the molecule is CN(C(=O)C1CNC1)C1CCNC1. The molecule has 2 rings (SSSR count). The van der Waals surface area contributed by atoms with Crippen LogP contribution in [0, 0.1) is 5.92 Å². The molecule has 1 amide bonds. The normalized spacial score (nSPS) is 28.5. The minimum absolute atomic E-state index is 0.241. The van der Waals surface area contributed by atoms with E-state index in [2.05, 4.69) is 10.6 Å². The molecule has 2 aliphatic heterocycles. The molecule has 0 spiro atoms. The highest BCUT2D eigenvalue weighted by Crippen LogP contribution is 2.12. The van der Waals surface area contributed by atoms with Crippen molar-refractivity contribution in [1.29, 1.82) is 0 Å². The van der Waals surface area contributed by atoms with Crippen LogP contribution in [-0.2, 0) is 4.79 Å². The Labute approximate surface area is 78.7 Å². The molecule has 0 saturated carbocycles. The number of hydrogen-bond donors (Lipinski definition) is 2. The summed E-state index contributed by atoms with van der Waals surface area (Å²) in [6, 6.07) is 0.424. The molecule has 74 valence electrons. The van der Waals surface area contributed by atoms with Crippen LogP contribution in [0.25, 0.3) is 0 Å². The molecular weight excluding hydrogens is 166 g/mol. The van der Waals surface area contributed by atoms with Crippen LogP contribution in [0.5, 0.6) is 0 Å². The van der Waals surface area contributed by atoms with Gasteiger partial charge in [0, 0.05) is 32.7 Å². The van der Waals surface area contributed by atoms with Gasteiger partial charge in [0.1, 0.15) is 0 Å². The molecule has 2 heterocycles. The summed E-state index contributed by atoms with van der Waals surface area (Å²) in [5.74, 6) is 0.554. The molecule has 1 unspecified atom stereocenters. The van der Waals surface area contributed by atoms with Gasteiger partial charge in [0.25, 0.3) is 0 Å². The lowest BCUT2D eigenvalue weighted by molar-refractivity contribution is -0.137. The molecule has 0 aromatic rings. The van der Waals surface area contributed by atoms with E-state index in [1.807, 2.05) is 11.9 Å². The van der Waals surface area contributed by atoms with Gasteiger partial charge in [0.05, 0.1) is 5.92 Å². The van der Waals surface area contributed by atoms with Crippen molar-refractivity contribution in [2.75, 3.05) is 33.2 Å². The van der Waals surface area contributed by atoms with Crippen LogP contribution in [-0.4, -0.2) is 50.1 Å². The summed E-state index contributed by atoms with van der Waals surface area (Å²) in [7, 11) is 1.93. The average Bonchev–Trinajstić information content (AvgIpc) is 2.51. The Bertz CT molecular complexity index is 197. The van der Waals surface area contributed by atoms with Crippen molar-refractivity contribution >= 4 is 5.91 Å². The van der Waals surface area contributed by atoms with Crippen LogP contribution in [0.15, 0.2) is 0 Å². The number of amides is 1. The summed E-state index contributed by atoms with van der Waals surface area (Å²) in [6.45, 7) is 3.74. The molecule has 2 aliphatic rings. The summed E-state index contributed by atoms with van der Waals surface area (Å²) < 4.78 is 0. The average molecular weight is 183 g/mol. The molecule has 2 saturated heterocycles. The summed E-state index contributed by atoms with van der Waals surface area (Å²) in [5, 5.41) is 6.40. The number of nitrogens with one attached hydrogen (secondary N) is 2. The molecule has 0 bridgehead atoms. The minimum atomic E-state index is 0.241. The van der Waals surface area contributed by atoms with Gasteiger partial charge >= 0.3 is 0 Å². The van der Waals surface area contributed by atoms with Crippen LogP contribution >= 0.6 is 0 Å². The van der Waals surface area contributed by atoms with Gasteiger partial charge in [-0.2, -0.15) is 0 Å². The van der Waals surface area contributed by atoms with Crippen molar-refractivity contribution in [1.82, 2.24) is 15.5 Å². The van der Waals surface area contributed by atoms with E-state index >= 15 is 0 Å². The van der Waals surface area contributed by atoms with E-state index in [1.165, 1.54) is 0 Å². The predicted octanol–water partition coefficient (Wildman–Crippen LogP) is -0.974. The first-order chi connectivity index (χ1) is 6.29. The summed E-state index contributed by atoms with van der Waals surface area (Å²) in [5.41, 5.74) is 0. The van der Waals surface area contributed by atoms with Gasteiger partial charge in [0.15, 0.2) is 0 Å². The quantitative estimate of drug-likeness (QED) is 0.579. The minimum Gasteiger partial charge on any atom is -0.341 e. The Morgan fingerprint density at radius 2 is 2.08 bits per heavy atom. The van der Waals surface area contributed by atoms with Crippen LogP contribution < -0.4 is 10.6 Å². The molecule has 1 atom stereocenters. The molecule has 4 heteroatoms. The molecule has 0 aromatic carbocycles. The lowest BCUT2D eigenvalue weighted by Gasteiger charge is -2.33. The Morgan fingerprint density at radius 3 is 2.54 bits per heavy atom. The zero-order valence-corrected chi connectivity index (χ0v) is 8.05. The number of hydrogen-bond acceptors (Lipinski definition) is 3. The van der Waals surface area contributed by atoms with E-state index < -0.39 is 0 Å². The first-order valence-corrected chi connectivity index (χ1v) is 4.97. The number of rotatable bonds is 2. The second-order valence-corrected chi connectivity index (χ2v) is 3.95. The van der Waals surface area contributed by atoms with Crippen LogP contribution in [0.4, 0.5) is 0 Å². The second-order valence-electron chi connectivity index (χ2n) is 3.95. The number of nitrogens with zero attached hydrogens (tertiary/aromatic N) is 1. The topological polar surface area (TPSA) is 44.4 Å². The number of carbonyl (C=O) groups excluding carboxylic acids is 1. The summed E-state index contributed by atoms with van der Waals surface area (Å²) in [4.78, 5) is 13.7. The fourth-order valence-corrected chi connectivity index (χ4v) is 1.90. The van der Waals surface area contributed by atoms with Crippen molar-refractivity contribution in [2.45, 2.75) is 12.5 Å². The van der Waals surface area contributed by atoms with Gasteiger partial charge in [-0.25, -0.2) is 0 Å². The third-order valence-electron chi connectivity index (χ3n) is 3.06.